The molecule has 5 nitrogen and oxygen atoms in total. The molecule has 3 aromatic carbocycles. The Hall–Kier alpha value is -3.83. The third-order valence-electron chi connectivity index (χ3n) is 5.26. The van der Waals surface area contributed by atoms with Crippen LogP contribution in [0.2, 0.25) is 5.02 Å². The van der Waals surface area contributed by atoms with Gasteiger partial charge in [0.05, 0.1) is 17.1 Å². The van der Waals surface area contributed by atoms with Crippen molar-refractivity contribution in [1.82, 2.24) is 9.55 Å². The quantitative estimate of drug-likeness (QED) is 0.214. The lowest BCUT2D eigenvalue weighted by Gasteiger charge is -2.12. The van der Waals surface area contributed by atoms with Gasteiger partial charge in [0.25, 0.3) is 0 Å². The highest BCUT2D eigenvalue weighted by molar-refractivity contribution is 6.32. The maximum Gasteiger partial charge on any atom is 0.343 e. The number of aromatic nitrogens is 2. The number of esters is 1. The van der Waals surface area contributed by atoms with E-state index in [1.165, 1.54) is 0 Å². The largest absolute Gasteiger partial charge is 0.490 e. The normalized spacial score (nSPS) is 11.3. The van der Waals surface area contributed by atoms with E-state index in [-0.39, 0.29) is 0 Å². The Bertz CT molecular complexity index is 1290. The summed E-state index contributed by atoms with van der Waals surface area (Å²) in [5, 5.41) is 0.568. The monoisotopic (exact) mass is 472 g/mol. The smallest absolute Gasteiger partial charge is 0.343 e. The van der Waals surface area contributed by atoms with E-state index in [1.807, 2.05) is 79.2 Å². The lowest BCUT2D eigenvalue weighted by molar-refractivity contribution is 0.0693. The molecular formula is C28H25ClN2O3. The lowest BCUT2D eigenvalue weighted by atomic mass is 10.1. The number of carbonyl (C=O) groups excluding carboxylic acids is 1. The molecule has 0 bridgehead atoms. The number of ether oxygens (including phenoxy) is 2. The molecule has 0 unspecified atom stereocenters. The van der Waals surface area contributed by atoms with Crippen LogP contribution in [0.1, 0.15) is 32.9 Å². The topological polar surface area (TPSA) is 53.3 Å². The Labute approximate surface area is 204 Å². The van der Waals surface area contributed by atoms with E-state index in [0.29, 0.717) is 41.1 Å². The molecule has 1 aromatic heterocycles. The minimum atomic E-state index is -0.424. The zero-order valence-electron chi connectivity index (χ0n) is 19.1. The first-order valence-electron chi connectivity index (χ1n) is 11.0. The first-order chi connectivity index (χ1) is 16.5. The highest BCUT2D eigenvalue weighted by atomic mass is 35.5. The van der Waals surface area contributed by atoms with Gasteiger partial charge in [-0.05, 0) is 38.1 Å². The van der Waals surface area contributed by atoms with Crippen LogP contribution in [0.5, 0.6) is 5.75 Å². The van der Waals surface area contributed by atoms with Crippen molar-refractivity contribution >= 4 is 29.4 Å². The maximum atomic E-state index is 12.9. The Morgan fingerprint density at radius 2 is 1.59 bits per heavy atom. The van der Waals surface area contributed by atoms with Crippen molar-refractivity contribution in [1.29, 1.82) is 0 Å². The van der Waals surface area contributed by atoms with Crippen LogP contribution in [0.4, 0.5) is 0 Å². The average Bonchev–Trinajstić information content (AvgIpc) is 3.27. The van der Waals surface area contributed by atoms with Crippen molar-refractivity contribution in [3.63, 3.8) is 0 Å². The van der Waals surface area contributed by atoms with E-state index >= 15 is 0 Å². The van der Waals surface area contributed by atoms with Crippen molar-refractivity contribution < 1.29 is 14.3 Å². The minimum Gasteiger partial charge on any atom is -0.490 e. The standard InChI is InChI=1S/C28H25ClN2O3/c1-20-7-11-22(12-8-20)26(34-28(32)23-13-9-21(2)10-14-23)19-27-30-15-16-31(27)17-18-33-25-6-4-3-5-24(25)29/h3-16,19H,17-18H2,1-2H3/b26-19-. The maximum absolute atomic E-state index is 12.9. The van der Waals surface area contributed by atoms with Crippen LogP contribution in [0.25, 0.3) is 11.8 Å². The van der Waals surface area contributed by atoms with Crippen LogP contribution in [0.15, 0.2) is 85.2 Å². The molecule has 0 radical (unpaired) electrons. The van der Waals surface area contributed by atoms with Gasteiger partial charge in [-0.25, -0.2) is 9.78 Å². The molecule has 0 saturated carbocycles. The van der Waals surface area contributed by atoms with Crippen LogP contribution in [0.3, 0.4) is 0 Å². The van der Waals surface area contributed by atoms with Crippen molar-refractivity contribution in [2.75, 3.05) is 6.61 Å². The van der Waals surface area contributed by atoms with Gasteiger partial charge in [0.2, 0.25) is 0 Å². The molecular weight excluding hydrogens is 448 g/mol. The number of imidazole rings is 1. The van der Waals surface area contributed by atoms with Crippen molar-refractivity contribution in [2.24, 2.45) is 0 Å². The zero-order chi connectivity index (χ0) is 23.9. The second kappa shape index (κ2) is 10.9. The van der Waals surface area contributed by atoms with Gasteiger partial charge in [-0.1, -0.05) is 71.3 Å². The summed E-state index contributed by atoms with van der Waals surface area (Å²) in [5.41, 5.74) is 3.46. The van der Waals surface area contributed by atoms with E-state index in [0.717, 1.165) is 16.7 Å². The van der Waals surface area contributed by atoms with Gasteiger partial charge < -0.3 is 14.0 Å². The highest BCUT2D eigenvalue weighted by Crippen LogP contribution is 2.24. The van der Waals surface area contributed by atoms with E-state index in [2.05, 4.69) is 4.98 Å². The van der Waals surface area contributed by atoms with Gasteiger partial charge in [-0.2, -0.15) is 0 Å². The number of hydrogen-bond donors (Lipinski definition) is 0. The van der Waals surface area contributed by atoms with Crippen LogP contribution in [0, 0.1) is 13.8 Å². The summed E-state index contributed by atoms with van der Waals surface area (Å²) < 4.78 is 13.6. The molecule has 6 heteroatoms. The average molecular weight is 473 g/mol. The molecule has 0 fully saturated rings. The molecule has 0 spiro atoms. The van der Waals surface area contributed by atoms with Crippen molar-refractivity contribution in [3.05, 3.63) is 118 Å². The van der Waals surface area contributed by atoms with Gasteiger partial charge in [-0.3, -0.25) is 0 Å². The summed E-state index contributed by atoms with van der Waals surface area (Å²) in [6.45, 7) is 4.94. The predicted octanol–water partition coefficient (Wildman–Crippen LogP) is 6.59. The summed E-state index contributed by atoms with van der Waals surface area (Å²) in [5.74, 6) is 1.28. The number of carbonyl (C=O) groups is 1. The molecule has 0 aliphatic heterocycles. The highest BCUT2D eigenvalue weighted by Gasteiger charge is 2.14. The summed E-state index contributed by atoms with van der Waals surface area (Å²) in [6.07, 6.45) is 5.33. The van der Waals surface area contributed by atoms with Gasteiger partial charge in [0, 0.05) is 24.0 Å². The van der Waals surface area contributed by atoms with Gasteiger partial charge in [0.1, 0.15) is 23.9 Å². The van der Waals surface area contributed by atoms with E-state index < -0.39 is 5.97 Å². The first-order valence-corrected chi connectivity index (χ1v) is 11.3. The van der Waals surface area contributed by atoms with Gasteiger partial charge in [0.15, 0.2) is 0 Å². The molecule has 34 heavy (non-hydrogen) atoms. The molecule has 0 saturated heterocycles. The van der Waals surface area contributed by atoms with E-state index in [1.54, 1.807) is 30.5 Å². The fourth-order valence-electron chi connectivity index (χ4n) is 3.32. The molecule has 0 N–H and O–H groups in total. The van der Waals surface area contributed by atoms with Gasteiger partial charge >= 0.3 is 5.97 Å². The summed E-state index contributed by atoms with van der Waals surface area (Å²) in [6, 6.07) is 22.5. The minimum absolute atomic E-state index is 0.407. The SMILES string of the molecule is Cc1ccc(C(=O)O/C(=C\c2nccn2CCOc2ccccc2Cl)c2ccc(C)cc2)cc1. The number of nitrogens with zero attached hydrogens (tertiary/aromatic N) is 2. The molecule has 4 aromatic rings. The van der Waals surface area contributed by atoms with Crippen LogP contribution in [-0.2, 0) is 11.3 Å². The first kappa shape index (κ1) is 23.3. The van der Waals surface area contributed by atoms with Crippen molar-refractivity contribution in [2.45, 2.75) is 20.4 Å². The van der Waals surface area contributed by atoms with E-state index in [4.69, 9.17) is 21.1 Å². The third-order valence-corrected chi connectivity index (χ3v) is 5.57. The number of benzene rings is 3. The third kappa shape index (κ3) is 5.94. The van der Waals surface area contributed by atoms with Crippen LogP contribution in [-0.4, -0.2) is 22.1 Å². The molecule has 0 amide bonds. The molecule has 4 rings (SSSR count). The number of para-hydroxylation sites is 1. The Balaban J connectivity index is 1.56. The summed E-state index contributed by atoms with van der Waals surface area (Å²) in [4.78, 5) is 17.3. The van der Waals surface area contributed by atoms with E-state index in [9.17, 15) is 4.79 Å². The Morgan fingerprint density at radius 3 is 2.26 bits per heavy atom. The van der Waals surface area contributed by atoms with Crippen molar-refractivity contribution in [3.8, 4) is 5.75 Å². The second-order valence-corrected chi connectivity index (χ2v) is 8.30. The molecule has 172 valence electrons. The number of aryl methyl sites for hydroxylation is 2. The fraction of sp³-hybridized carbons (Fsp3) is 0.143. The van der Waals surface area contributed by atoms with Gasteiger partial charge in [-0.15, -0.1) is 0 Å². The molecule has 0 atom stereocenters. The van der Waals surface area contributed by atoms with Crippen LogP contribution < -0.4 is 4.74 Å². The second-order valence-electron chi connectivity index (χ2n) is 7.89. The Morgan fingerprint density at radius 1 is 0.941 bits per heavy atom. The zero-order valence-corrected chi connectivity index (χ0v) is 19.8. The lowest BCUT2D eigenvalue weighted by Crippen LogP contribution is -2.10. The number of halogens is 1. The number of rotatable bonds is 8. The summed E-state index contributed by atoms with van der Waals surface area (Å²) >= 11 is 6.17. The fourth-order valence-corrected chi connectivity index (χ4v) is 3.51. The predicted molar refractivity (Wildman–Crippen MR) is 135 cm³/mol. The summed E-state index contributed by atoms with van der Waals surface area (Å²) in [7, 11) is 0. The molecule has 1 heterocycles. The van der Waals surface area contributed by atoms with Crippen LogP contribution >= 0.6 is 11.6 Å². The Kier molecular flexibility index (Phi) is 7.45. The molecule has 0 aliphatic rings. The number of hydrogen-bond acceptors (Lipinski definition) is 4. The molecule has 0 aliphatic carbocycles.